The van der Waals surface area contributed by atoms with E-state index in [4.69, 9.17) is 0 Å². The Morgan fingerprint density at radius 2 is 1.86 bits per heavy atom. The molecule has 22 heavy (non-hydrogen) atoms. The molecule has 0 saturated carbocycles. The molecule has 1 aliphatic carbocycles. The quantitative estimate of drug-likeness (QED) is 0.788. The maximum atomic E-state index is 3.53. The number of nitrogens with one attached hydrogen (secondary N) is 1. The molecule has 2 nitrogen and oxygen atoms in total. The van der Waals surface area contributed by atoms with Gasteiger partial charge in [-0.25, -0.2) is 0 Å². The standard InChI is InChI=1S/C20H28N2/c1-22-14-4-6-17-9-8-15-5-2-3-7-18(15)19(20(17)22)16-10-12-21-13-11-16/h2-3,5,7,17,20-21H,4,6,8-14H2,1H3. The van der Waals surface area contributed by atoms with Crippen molar-refractivity contribution >= 4 is 5.57 Å². The van der Waals surface area contributed by atoms with E-state index in [1.54, 1.807) is 22.3 Å². The summed E-state index contributed by atoms with van der Waals surface area (Å²) in [5, 5.41) is 3.53. The van der Waals surface area contributed by atoms with Gasteiger partial charge in [-0.3, -0.25) is 4.90 Å². The molecular formula is C20H28N2. The molecule has 2 atom stereocenters. The molecule has 0 amide bonds. The van der Waals surface area contributed by atoms with E-state index in [2.05, 4.69) is 41.5 Å². The van der Waals surface area contributed by atoms with E-state index in [1.807, 2.05) is 0 Å². The Labute approximate surface area is 134 Å². The van der Waals surface area contributed by atoms with E-state index >= 15 is 0 Å². The average Bonchev–Trinajstić information content (AvgIpc) is 2.74. The molecule has 1 aromatic carbocycles. The number of piperidine rings is 2. The summed E-state index contributed by atoms with van der Waals surface area (Å²) in [5.74, 6) is 0.850. The van der Waals surface area contributed by atoms with Gasteiger partial charge in [-0.2, -0.15) is 0 Å². The van der Waals surface area contributed by atoms with Crippen molar-refractivity contribution in [2.45, 2.75) is 44.6 Å². The number of fused-ring (bicyclic) bond motifs is 2. The van der Waals surface area contributed by atoms with Crippen molar-refractivity contribution in [3.8, 4) is 0 Å². The molecule has 0 spiro atoms. The fraction of sp³-hybridized carbons (Fsp3) is 0.600. The molecule has 118 valence electrons. The Bertz CT molecular complexity index is 567. The lowest BCUT2D eigenvalue weighted by Gasteiger charge is -2.41. The zero-order valence-corrected chi connectivity index (χ0v) is 13.8. The van der Waals surface area contributed by atoms with Gasteiger partial charge in [0.2, 0.25) is 0 Å². The van der Waals surface area contributed by atoms with Crippen molar-refractivity contribution in [3.05, 3.63) is 41.0 Å². The summed E-state index contributed by atoms with van der Waals surface area (Å²) in [5.41, 5.74) is 6.60. The minimum atomic E-state index is 0.658. The maximum absolute atomic E-state index is 3.53. The molecule has 1 N–H and O–H groups in total. The summed E-state index contributed by atoms with van der Waals surface area (Å²) in [4.78, 5) is 2.65. The Balaban J connectivity index is 1.86. The predicted molar refractivity (Wildman–Crippen MR) is 92.9 cm³/mol. The molecule has 0 aromatic heterocycles. The van der Waals surface area contributed by atoms with Crippen LogP contribution in [0.25, 0.3) is 5.57 Å². The number of hydrogen-bond donors (Lipinski definition) is 1. The zero-order valence-electron chi connectivity index (χ0n) is 13.8. The molecule has 2 heteroatoms. The first-order chi connectivity index (χ1) is 10.8. The molecule has 2 aliphatic heterocycles. The summed E-state index contributed by atoms with van der Waals surface area (Å²) < 4.78 is 0. The highest BCUT2D eigenvalue weighted by molar-refractivity contribution is 5.76. The van der Waals surface area contributed by atoms with E-state index in [0.717, 1.165) is 19.0 Å². The summed E-state index contributed by atoms with van der Waals surface area (Å²) >= 11 is 0. The number of rotatable bonds is 0. The highest BCUT2D eigenvalue weighted by Gasteiger charge is 2.36. The Morgan fingerprint density at radius 1 is 1.05 bits per heavy atom. The van der Waals surface area contributed by atoms with Gasteiger partial charge in [0.15, 0.2) is 0 Å². The highest BCUT2D eigenvalue weighted by Crippen LogP contribution is 2.42. The van der Waals surface area contributed by atoms with E-state index in [-0.39, 0.29) is 0 Å². The van der Waals surface area contributed by atoms with Crippen LogP contribution in [0.15, 0.2) is 29.8 Å². The van der Waals surface area contributed by atoms with Crippen LogP contribution in [0.1, 0.15) is 43.2 Å². The monoisotopic (exact) mass is 296 g/mol. The van der Waals surface area contributed by atoms with Crippen LogP contribution in [0.2, 0.25) is 0 Å². The van der Waals surface area contributed by atoms with Gasteiger partial charge >= 0.3 is 0 Å². The van der Waals surface area contributed by atoms with Crippen LogP contribution < -0.4 is 5.32 Å². The van der Waals surface area contributed by atoms with Crippen LogP contribution >= 0.6 is 0 Å². The van der Waals surface area contributed by atoms with E-state index < -0.39 is 0 Å². The third-order valence-electron chi connectivity index (χ3n) is 5.98. The van der Waals surface area contributed by atoms with Crippen LogP contribution in [-0.2, 0) is 6.42 Å². The number of hydrogen-bond acceptors (Lipinski definition) is 2. The molecule has 0 radical (unpaired) electrons. The van der Waals surface area contributed by atoms with Gasteiger partial charge in [0.1, 0.15) is 0 Å². The van der Waals surface area contributed by atoms with Crippen LogP contribution in [-0.4, -0.2) is 37.6 Å². The number of nitrogens with zero attached hydrogens (tertiary/aromatic N) is 1. The highest BCUT2D eigenvalue weighted by atomic mass is 15.1. The van der Waals surface area contributed by atoms with Gasteiger partial charge in [-0.05, 0) is 87.8 Å². The largest absolute Gasteiger partial charge is 0.316 e. The van der Waals surface area contributed by atoms with E-state index in [0.29, 0.717) is 6.04 Å². The minimum absolute atomic E-state index is 0.658. The smallest absolute Gasteiger partial charge is 0.0378 e. The van der Waals surface area contributed by atoms with Crippen LogP contribution in [0.4, 0.5) is 0 Å². The molecule has 4 rings (SSSR count). The topological polar surface area (TPSA) is 15.3 Å². The molecular weight excluding hydrogens is 268 g/mol. The van der Waals surface area contributed by atoms with Crippen LogP contribution in [0.3, 0.4) is 0 Å². The van der Waals surface area contributed by atoms with Gasteiger partial charge in [0.05, 0.1) is 0 Å². The van der Waals surface area contributed by atoms with Crippen molar-refractivity contribution in [2.24, 2.45) is 5.92 Å². The van der Waals surface area contributed by atoms with Crippen LogP contribution in [0.5, 0.6) is 0 Å². The summed E-state index contributed by atoms with van der Waals surface area (Å²) in [6.45, 7) is 3.57. The van der Waals surface area contributed by atoms with Crippen molar-refractivity contribution in [3.63, 3.8) is 0 Å². The predicted octanol–water partition coefficient (Wildman–Crippen LogP) is 3.48. The first-order valence-corrected chi connectivity index (χ1v) is 9.06. The zero-order chi connectivity index (χ0) is 14.9. The van der Waals surface area contributed by atoms with E-state index in [9.17, 15) is 0 Å². The molecule has 3 aliphatic rings. The Morgan fingerprint density at radius 3 is 2.73 bits per heavy atom. The fourth-order valence-corrected chi connectivity index (χ4v) is 4.92. The Hall–Kier alpha value is -1.12. The second-order valence-electron chi connectivity index (χ2n) is 7.29. The minimum Gasteiger partial charge on any atom is -0.316 e. The number of likely N-dealkylation sites (tertiary alicyclic amines) is 1. The molecule has 2 fully saturated rings. The van der Waals surface area contributed by atoms with Crippen molar-refractivity contribution in [1.82, 2.24) is 10.2 Å². The molecule has 1 aromatic rings. The number of aryl methyl sites for hydroxylation is 1. The fourth-order valence-electron chi connectivity index (χ4n) is 4.92. The SMILES string of the molecule is CN1CCCC2CCc3ccccc3C(=C3CCNCC3)C21. The number of benzene rings is 1. The maximum Gasteiger partial charge on any atom is 0.0378 e. The molecule has 0 bridgehead atoms. The summed E-state index contributed by atoms with van der Waals surface area (Å²) in [6, 6.07) is 9.88. The van der Waals surface area contributed by atoms with Gasteiger partial charge in [-0.15, -0.1) is 0 Å². The van der Waals surface area contributed by atoms with Gasteiger partial charge in [0, 0.05) is 6.04 Å². The summed E-state index contributed by atoms with van der Waals surface area (Å²) in [6.07, 6.45) is 7.89. The number of likely N-dealkylation sites (N-methyl/N-ethyl adjacent to an activating group) is 1. The first-order valence-electron chi connectivity index (χ1n) is 9.06. The van der Waals surface area contributed by atoms with Gasteiger partial charge in [0.25, 0.3) is 0 Å². The summed E-state index contributed by atoms with van der Waals surface area (Å²) in [7, 11) is 2.35. The van der Waals surface area contributed by atoms with Gasteiger partial charge < -0.3 is 5.32 Å². The van der Waals surface area contributed by atoms with Crippen molar-refractivity contribution in [2.75, 3.05) is 26.7 Å². The lowest BCUT2D eigenvalue weighted by atomic mass is 9.79. The average molecular weight is 296 g/mol. The third-order valence-corrected chi connectivity index (χ3v) is 5.98. The first kappa shape index (κ1) is 14.5. The van der Waals surface area contributed by atoms with Crippen LogP contribution in [0, 0.1) is 5.92 Å². The molecule has 2 saturated heterocycles. The lowest BCUT2D eigenvalue weighted by molar-refractivity contribution is 0.157. The second kappa shape index (κ2) is 6.17. The normalized spacial score (nSPS) is 29.7. The van der Waals surface area contributed by atoms with Crippen molar-refractivity contribution in [1.29, 1.82) is 0 Å². The molecule has 2 unspecified atom stereocenters. The van der Waals surface area contributed by atoms with Gasteiger partial charge in [-0.1, -0.05) is 29.8 Å². The lowest BCUT2D eigenvalue weighted by Crippen LogP contribution is -2.43. The third kappa shape index (κ3) is 2.53. The Kier molecular flexibility index (Phi) is 4.06. The van der Waals surface area contributed by atoms with E-state index in [1.165, 1.54) is 45.1 Å². The second-order valence-corrected chi connectivity index (χ2v) is 7.29. The van der Waals surface area contributed by atoms with Crippen molar-refractivity contribution < 1.29 is 0 Å². The molecule has 2 heterocycles.